The number of ketones is 1. The summed E-state index contributed by atoms with van der Waals surface area (Å²) in [6, 6.07) is 5.85. The molecule has 1 rings (SSSR count). The molecule has 0 aromatic heterocycles. The quantitative estimate of drug-likeness (QED) is 0.336. The third-order valence-electron chi connectivity index (χ3n) is 1.62. The van der Waals surface area contributed by atoms with E-state index in [1.54, 1.807) is 0 Å². The molecule has 0 atom stereocenters. The zero-order chi connectivity index (χ0) is 10.6. The van der Waals surface area contributed by atoms with Crippen molar-refractivity contribution < 1.29 is 24.5 Å². The van der Waals surface area contributed by atoms with Crippen LogP contribution >= 0.6 is 0 Å². The van der Waals surface area contributed by atoms with Gasteiger partial charge in [0.1, 0.15) is 5.75 Å². The Morgan fingerprint density at radius 1 is 1.21 bits per heavy atom. The Kier molecular flexibility index (Phi) is 3.19. The number of hydrogen-bond acceptors (Lipinski definition) is 5. The van der Waals surface area contributed by atoms with E-state index in [1.165, 1.54) is 31.4 Å². The van der Waals surface area contributed by atoms with E-state index >= 15 is 0 Å². The number of ether oxygens (including phenoxy) is 1. The van der Waals surface area contributed by atoms with Gasteiger partial charge in [0.15, 0.2) is 0 Å². The average Bonchev–Trinajstić information content (AvgIpc) is 2.27. The molecular formula is C9H8O5. The summed E-state index contributed by atoms with van der Waals surface area (Å²) >= 11 is 0. The monoisotopic (exact) mass is 196 g/mol. The van der Waals surface area contributed by atoms with E-state index < -0.39 is 11.8 Å². The average molecular weight is 196 g/mol. The van der Waals surface area contributed by atoms with Crippen LogP contribution < -0.4 is 4.74 Å². The Balaban J connectivity index is 2.87. The number of benzene rings is 1. The minimum absolute atomic E-state index is 0.129. The summed E-state index contributed by atoms with van der Waals surface area (Å²) in [5, 5.41) is 7.97. The first-order valence-electron chi connectivity index (χ1n) is 3.73. The molecule has 0 aliphatic carbocycles. The van der Waals surface area contributed by atoms with Crippen LogP contribution in [0.2, 0.25) is 0 Å². The van der Waals surface area contributed by atoms with Crippen molar-refractivity contribution in [2.24, 2.45) is 0 Å². The van der Waals surface area contributed by atoms with E-state index in [0.717, 1.165) is 0 Å². The van der Waals surface area contributed by atoms with Gasteiger partial charge < -0.3 is 4.74 Å². The van der Waals surface area contributed by atoms with Gasteiger partial charge in [-0.2, -0.15) is 5.26 Å². The smallest absolute Gasteiger partial charge is 0.412 e. The van der Waals surface area contributed by atoms with Crippen LogP contribution in [-0.4, -0.2) is 24.1 Å². The summed E-state index contributed by atoms with van der Waals surface area (Å²) in [6.07, 6.45) is 0. The molecule has 1 aromatic carbocycles. The second kappa shape index (κ2) is 4.38. The fourth-order valence-electron chi connectivity index (χ4n) is 0.902. The Morgan fingerprint density at radius 3 is 2.21 bits per heavy atom. The highest BCUT2D eigenvalue weighted by Gasteiger charge is 2.17. The number of carbonyl (C=O) groups is 2. The van der Waals surface area contributed by atoms with Gasteiger partial charge in [0.25, 0.3) is 5.78 Å². The molecular weight excluding hydrogens is 188 g/mol. The second-order valence-electron chi connectivity index (χ2n) is 2.44. The van der Waals surface area contributed by atoms with Gasteiger partial charge in [-0.25, -0.2) is 4.79 Å². The van der Waals surface area contributed by atoms with Gasteiger partial charge in [0.05, 0.1) is 7.11 Å². The summed E-state index contributed by atoms with van der Waals surface area (Å²) in [7, 11) is 1.48. The lowest BCUT2D eigenvalue weighted by atomic mass is 10.1. The van der Waals surface area contributed by atoms with Crippen molar-refractivity contribution in [2.45, 2.75) is 0 Å². The van der Waals surface area contributed by atoms with Crippen molar-refractivity contribution >= 4 is 11.8 Å². The second-order valence-corrected chi connectivity index (χ2v) is 2.44. The number of methoxy groups -OCH3 is 1. The molecule has 0 radical (unpaired) electrons. The van der Waals surface area contributed by atoms with Crippen molar-refractivity contribution in [1.82, 2.24) is 0 Å². The maximum Gasteiger partial charge on any atom is 0.412 e. The highest BCUT2D eigenvalue weighted by atomic mass is 17.1. The predicted molar refractivity (Wildman–Crippen MR) is 46.0 cm³/mol. The van der Waals surface area contributed by atoms with Crippen molar-refractivity contribution in [1.29, 1.82) is 0 Å². The predicted octanol–water partition coefficient (Wildman–Crippen LogP) is 0.894. The Morgan fingerprint density at radius 2 is 1.79 bits per heavy atom. The zero-order valence-electron chi connectivity index (χ0n) is 7.39. The number of Topliss-reactive ketones (excluding diaryl/α,β-unsaturated/α-hetero) is 1. The molecule has 1 N–H and O–H groups in total. The van der Waals surface area contributed by atoms with Crippen molar-refractivity contribution in [3.8, 4) is 5.75 Å². The van der Waals surface area contributed by atoms with E-state index in [2.05, 4.69) is 4.89 Å². The third-order valence-corrected chi connectivity index (χ3v) is 1.62. The molecule has 1 aromatic rings. The first-order chi connectivity index (χ1) is 6.69. The lowest BCUT2D eigenvalue weighted by molar-refractivity contribution is -0.227. The zero-order valence-corrected chi connectivity index (χ0v) is 7.39. The van der Waals surface area contributed by atoms with E-state index in [9.17, 15) is 9.59 Å². The molecule has 0 heterocycles. The molecule has 0 saturated heterocycles. The molecule has 0 amide bonds. The molecule has 74 valence electrons. The van der Waals surface area contributed by atoms with E-state index in [-0.39, 0.29) is 5.56 Å². The lowest BCUT2D eigenvalue weighted by Crippen LogP contribution is -2.15. The van der Waals surface area contributed by atoms with Crippen LogP contribution in [0.25, 0.3) is 0 Å². The molecule has 5 heteroatoms. The van der Waals surface area contributed by atoms with Crippen LogP contribution in [0.5, 0.6) is 5.75 Å². The highest BCUT2D eigenvalue weighted by Crippen LogP contribution is 2.11. The van der Waals surface area contributed by atoms with E-state index in [1.807, 2.05) is 0 Å². The first-order valence-corrected chi connectivity index (χ1v) is 3.73. The van der Waals surface area contributed by atoms with E-state index in [4.69, 9.17) is 9.99 Å². The Hall–Kier alpha value is -1.88. The van der Waals surface area contributed by atoms with Gasteiger partial charge in [0, 0.05) is 5.56 Å². The van der Waals surface area contributed by atoms with Gasteiger partial charge in [-0.3, -0.25) is 9.68 Å². The lowest BCUT2D eigenvalue weighted by Gasteiger charge is -2.00. The first kappa shape index (κ1) is 10.2. The Labute approximate surface area is 79.8 Å². The van der Waals surface area contributed by atoms with Gasteiger partial charge in [-0.05, 0) is 24.3 Å². The molecule has 14 heavy (non-hydrogen) atoms. The van der Waals surface area contributed by atoms with E-state index in [0.29, 0.717) is 5.75 Å². The van der Waals surface area contributed by atoms with Crippen molar-refractivity contribution in [3.05, 3.63) is 29.8 Å². The third kappa shape index (κ3) is 2.08. The summed E-state index contributed by atoms with van der Waals surface area (Å²) in [6.45, 7) is 0. The van der Waals surface area contributed by atoms with Crippen LogP contribution in [0.4, 0.5) is 0 Å². The van der Waals surface area contributed by atoms with Crippen LogP contribution in [0.3, 0.4) is 0 Å². The largest absolute Gasteiger partial charge is 0.497 e. The minimum Gasteiger partial charge on any atom is -0.497 e. The molecule has 0 spiro atoms. The van der Waals surface area contributed by atoms with Crippen molar-refractivity contribution in [3.63, 3.8) is 0 Å². The summed E-state index contributed by atoms with van der Waals surface area (Å²) in [5.74, 6) is -1.65. The van der Waals surface area contributed by atoms with Gasteiger partial charge in [-0.15, -0.1) is 0 Å². The summed E-state index contributed by atoms with van der Waals surface area (Å²) in [5.41, 5.74) is 0.129. The Bertz CT molecular complexity index is 341. The van der Waals surface area contributed by atoms with Crippen LogP contribution in [0, 0.1) is 0 Å². The number of hydrogen-bond donors (Lipinski definition) is 1. The van der Waals surface area contributed by atoms with Gasteiger partial charge >= 0.3 is 5.97 Å². The normalized spacial score (nSPS) is 9.29. The fraction of sp³-hybridized carbons (Fsp3) is 0.111. The minimum atomic E-state index is -1.31. The topological polar surface area (TPSA) is 72.8 Å². The fourth-order valence-corrected chi connectivity index (χ4v) is 0.902. The van der Waals surface area contributed by atoms with Crippen LogP contribution in [0.1, 0.15) is 10.4 Å². The number of carbonyl (C=O) groups excluding carboxylic acids is 2. The van der Waals surface area contributed by atoms with Crippen LogP contribution in [0.15, 0.2) is 24.3 Å². The molecule has 0 aliphatic rings. The molecule has 0 bridgehead atoms. The van der Waals surface area contributed by atoms with Crippen LogP contribution in [-0.2, 0) is 9.68 Å². The highest BCUT2D eigenvalue weighted by molar-refractivity contribution is 6.40. The molecule has 0 saturated carbocycles. The molecule has 0 unspecified atom stereocenters. The molecule has 0 aliphatic heterocycles. The SMILES string of the molecule is COc1ccc(C(=O)C(=O)OO)cc1. The maximum absolute atomic E-state index is 11.1. The summed E-state index contributed by atoms with van der Waals surface area (Å²) < 4.78 is 4.86. The summed E-state index contributed by atoms with van der Waals surface area (Å²) in [4.78, 5) is 25.0. The standard InChI is InChI=1S/C9H8O5/c1-13-7-4-2-6(3-5-7)8(10)9(11)14-12/h2-5,12H,1H3. The van der Waals surface area contributed by atoms with Gasteiger partial charge in [0.2, 0.25) is 0 Å². The molecule has 0 fully saturated rings. The maximum atomic E-state index is 11.1. The van der Waals surface area contributed by atoms with Gasteiger partial charge in [-0.1, -0.05) is 0 Å². The van der Waals surface area contributed by atoms with Crippen molar-refractivity contribution in [2.75, 3.05) is 7.11 Å². The molecule has 5 nitrogen and oxygen atoms in total. The number of rotatable bonds is 3.